The normalized spacial score (nSPS) is 26.9. The number of Topliss-reactive ketones (excluding diaryl/α,β-unsaturated/α-hetero) is 1. The minimum Gasteiger partial charge on any atom is -0.311 e. The minimum atomic E-state index is 0.238. The highest BCUT2D eigenvalue weighted by atomic mass is 16.1. The number of hydrogen-bond donors (Lipinski definition) is 1. The standard InChI is InChI=1S/C21H31NO/c1-2-3-4-5-7-16-10-12-17(13-11-16)21(23)18-14-19-8-6-9-20(15-18)22-19/h10-13,18-20,22H,2-9,14-15H2,1H3. The highest BCUT2D eigenvalue weighted by molar-refractivity contribution is 5.98. The van der Waals surface area contributed by atoms with E-state index < -0.39 is 0 Å². The first-order valence-corrected chi connectivity index (χ1v) is 9.65. The van der Waals surface area contributed by atoms with Crippen LogP contribution >= 0.6 is 0 Å². The first-order chi connectivity index (χ1) is 11.3. The molecule has 0 radical (unpaired) electrons. The van der Waals surface area contributed by atoms with Gasteiger partial charge in [-0.2, -0.15) is 0 Å². The summed E-state index contributed by atoms with van der Waals surface area (Å²) in [5.74, 6) is 0.614. The summed E-state index contributed by atoms with van der Waals surface area (Å²) >= 11 is 0. The minimum absolute atomic E-state index is 0.238. The van der Waals surface area contributed by atoms with E-state index >= 15 is 0 Å². The monoisotopic (exact) mass is 313 g/mol. The van der Waals surface area contributed by atoms with Crippen LogP contribution in [0.15, 0.2) is 24.3 Å². The molecule has 2 saturated heterocycles. The van der Waals surface area contributed by atoms with Crippen LogP contribution in [0, 0.1) is 5.92 Å². The van der Waals surface area contributed by atoms with Gasteiger partial charge in [0.1, 0.15) is 0 Å². The van der Waals surface area contributed by atoms with Crippen molar-refractivity contribution in [1.29, 1.82) is 0 Å². The van der Waals surface area contributed by atoms with E-state index in [1.165, 1.54) is 50.5 Å². The third kappa shape index (κ3) is 4.44. The molecule has 2 heteroatoms. The van der Waals surface area contributed by atoms with Gasteiger partial charge in [-0.15, -0.1) is 0 Å². The molecule has 3 rings (SSSR count). The van der Waals surface area contributed by atoms with E-state index in [0.717, 1.165) is 24.8 Å². The maximum absolute atomic E-state index is 12.8. The number of ketones is 1. The Morgan fingerprint density at radius 3 is 2.39 bits per heavy atom. The average molecular weight is 313 g/mol. The van der Waals surface area contributed by atoms with E-state index in [-0.39, 0.29) is 5.92 Å². The zero-order valence-corrected chi connectivity index (χ0v) is 14.5. The molecule has 23 heavy (non-hydrogen) atoms. The number of benzene rings is 1. The summed E-state index contributed by atoms with van der Waals surface area (Å²) in [5.41, 5.74) is 2.30. The SMILES string of the molecule is CCCCCCc1ccc(C(=O)C2CC3CCCC(C2)N3)cc1. The fourth-order valence-electron chi connectivity index (χ4n) is 4.31. The van der Waals surface area contributed by atoms with E-state index in [9.17, 15) is 4.79 Å². The smallest absolute Gasteiger partial charge is 0.166 e. The molecule has 0 saturated carbocycles. The van der Waals surface area contributed by atoms with E-state index in [0.29, 0.717) is 17.9 Å². The Labute approximate surface area is 141 Å². The zero-order chi connectivity index (χ0) is 16.1. The molecule has 1 aromatic rings. The average Bonchev–Trinajstić information content (AvgIpc) is 2.58. The lowest BCUT2D eigenvalue weighted by Crippen LogP contribution is -2.50. The van der Waals surface area contributed by atoms with Crippen LogP contribution in [0.25, 0.3) is 0 Å². The van der Waals surface area contributed by atoms with Crippen molar-refractivity contribution in [3.8, 4) is 0 Å². The van der Waals surface area contributed by atoms with Crippen LogP contribution in [0.3, 0.4) is 0 Å². The number of carbonyl (C=O) groups is 1. The summed E-state index contributed by atoms with van der Waals surface area (Å²) in [4.78, 5) is 12.8. The molecule has 2 bridgehead atoms. The number of piperidine rings is 2. The van der Waals surface area contributed by atoms with Gasteiger partial charge in [0, 0.05) is 23.6 Å². The number of rotatable bonds is 7. The Bertz CT molecular complexity index is 495. The quantitative estimate of drug-likeness (QED) is 0.572. The third-order valence-electron chi connectivity index (χ3n) is 5.64. The Hall–Kier alpha value is -1.15. The summed E-state index contributed by atoms with van der Waals surface area (Å²) in [6.45, 7) is 2.25. The number of aryl methyl sites for hydroxylation is 1. The second kappa shape index (κ2) is 8.10. The summed E-state index contributed by atoms with van der Waals surface area (Å²) in [5, 5.41) is 3.68. The summed E-state index contributed by atoms with van der Waals surface area (Å²) in [6.07, 6.45) is 12.2. The number of fused-ring (bicyclic) bond motifs is 2. The lowest BCUT2D eigenvalue weighted by Gasteiger charge is -2.39. The van der Waals surface area contributed by atoms with Crippen LogP contribution < -0.4 is 5.32 Å². The molecule has 0 amide bonds. The number of hydrogen-bond acceptors (Lipinski definition) is 2. The molecule has 0 spiro atoms. The van der Waals surface area contributed by atoms with Gasteiger partial charge in [-0.1, -0.05) is 56.9 Å². The number of unbranched alkanes of at least 4 members (excludes halogenated alkanes) is 3. The number of nitrogens with one attached hydrogen (secondary N) is 1. The molecular weight excluding hydrogens is 282 g/mol. The largest absolute Gasteiger partial charge is 0.311 e. The predicted octanol–water partition coefficient (Wildman–Crippen LogP) is 4.91. The van der Waals surface area contributed by atoms with E-state index in [4.69, 9.17) is 0 Å². The van der Waals surface area contributed by atoms with Crippen molar-refractivity contribution in [2.45, 2.75) is 83.2 Å². The Morgan fingerprint density at radius 2 is 1.74 bits per heavy atom. The molecule has 2 heterocycles. The second-order valence-electron chi connectivity index (χ2n) is 7.53. The van der Waals surface area contributed by atoms with Gasteiger partial charge in [0.25, 0.3) is 0 Å². The van der Waals surface area contributed by atoms with E-state index in [2.05, 4.69) is 36.5 Å². The predicted molar refractivity (Wildman–Crippen MR) is 95.9 cm³/mol. The molecule has 2 unspecified atom stereocenters. The van der Waals surface area contributed by atoms with Crippen molar-refractivity contribution in [1.82, 2.24) is 5.32 Å². The Kier molecular flexibility index (Phi) is 5.88. The van der Waals surface area contributed by atoms with Gasteiger partial charge in [-0.3, -0.25) is 4.79 Å². The van der Waals surface area contributed by atoms with Crippen molar-refractivity contribution in [2.24, 2.45) is 5.92 Å². The van der Waals surface area contributed by atoms with Crippen LogP contribution in [0.4, 0.5) is 0 Å². The van der Waals surface area contributed by atoms with Crippen molar-refractivity contribution in [3.05, 3.63) is 35.4 Å². The fraction of sp³-hybridized carbons (Fsp3) is 0.667. The van der Waals surface area contributed by atoms with Gasteiger partial charge in [0.2, 0.25) is 0 Å². The maximum Gasteiger partial charge on any atom is 0.166 e. The Balaban J connectivity index is 1.55. The van der Waals surface area contributed by atoms with Crippen LogP contribution in [0.1, 0.15) is 80.6 Å². The maximum atomic E-state index is 12.8. The fourth-order valence-corrected chi connectivity index (χ4v) is 4.31. The first kappa shape index (κ1) is 16.7. The van der Waals surface area contributed by atoms with Gasteiger partial charge >= 0.3 is 0 Å². The second-order valence-corrected chi connectivity index (χ2v) is 7.53. The lowest BCUT2D eigenvalue weighted by atomic mass is 9.77. The summed E-state index contributed by atoms with van der Waals surface area (Å²) < 4.78 is 0. The van der Waals surface area contributed by atoms with E-state index in [1.807, 2.05) is 0 Å². The van der Waals surface area contributed by atoms with Crippen LogP contribution in [0.2, 0.25) is 0 Å². The molecule has 2 nitrogen and oxygen atoms in total. The van der Waals surface area contributed by atoms with Crippen molar-refractivity contribution in [2.75, 3.05) is 0 Å². The van der Waals surface area contributed by atoms with Gasteiger partial charge in [0.15, 0.2) is 5.78 Å². The zero-order valence-electron chi connectivity index (χ0n) is 14.5. The highest BCUT2D eigenvalue weighted by Crippen LogP contribution is 2.31. The van der Waals surface area contributed by atoms with Gasteiger partial charge in [-0.25, -0.2) is 0 Å². The van der Waals surface area contributed by atoms with Crippen molar-refractivity contribution < 1.29 is 4.79 Å². The van der Waals surface area contributed by atoms with Gasteiger partial charge in [0.05, 0.1) is 0 Å². The molecule has 2 atom stereocenters. The third-order valence-corrected chi connectivity index (χ3v) is 5.64. The van der Waals surface area contributed by atoms with Gasteiger partial charge in [-0.05, 0) is 44.1 Å². The molecule has 1 aromatic carbocycles. The van der Waals surface area contributed by atoms with E-state index in [1.54, 1.807) is 0 Å². The van der Waals surface area contributed by atoms with Crippen molar-refractivity contribution >= 4 is 5.78 Å². The lowest BCUT2D eigenvalue weighted by molar-refractivity contribution is 0.0825. The molecule has 2 fully saturated rings. The molecule has 2 aliphatic rings. The topological polar surface area (TPSA) is 29.1 Å². The molecule has 0 aliphatic carbocycles. The molecule has 1 N–H and O–H groups in total. The van der Waals surface area contributed by atoms with Crippen molar-refractivity contribution in [3.63, 3.8) is 0 Å². The van der Waals surface area contributed by atoms with Crippen LogP contribution in [-0.4, -0.2) is 17.9 Å². The summed E-state index contributed by atoms with van der Waals surface area (Å²) in [6, 6.07) is 9.62. The molecule has 0 aromatic heterocycles. The molecule has 126 valence electrons. The molecular formula is C21H31NO. The number of carbonyl (C=O) groups excluding carboxylic acids is 1. The Morgan fingerprint density at radius 1 is 1.04 bits per heavy atom. The van der Waals surface area contributed by atoms with Crippen LogP contribution in [-0.2, 0) is 6.42 Å². The summed E-state index contributed by atoms with van der Waals surface area (Å²) in [7, 11) is 0. The first-order valence-electron chi connectivity index (χ1n) is 9.65. The highest BCUT2D eigenvalue weighted by Gasteiger charge is 2.34. The van der Waals surface area contributed by atoms with Crippen LogP contribution in [0.5, 0.6) is 0 Å². The van der Waals surface area contributed by atoms with Gasteiger partial charge < -0.3 is 5.32 Å². The molecule has 2 aliphatic heterocycles.